The average Bonchev–Trinajstić information content (AvgIpc) is 3.27. The fraction of sp³-hybridized carbons (Fsp3) is 0.160. The van der Waals surface area contributed by atoms with Crippen molar-refractivity contribution in [3.8, 4) is 6.07 Å². The molecule has 1 amide bonds. The van der Waals surface area contributed by atoms with Crippen molar-refractivity contribution < 1.29 is 32.2 Å². The number of H-pyrrole nitrogens is 1. The summed E-state index contributed by atoms with van der Waals surface area (Å²) in [7, 11) is -1.54. The number of pyridine rings is 1. The van der Waals surface area contributed by atoms with Crippen molar-refractivity contribution in [3.63, 3.8) is 0 Å². The van der Waals surface area contributed by atoms with Crippen LogP contribution in [-0.4, -0.2) is 25.1 Å². The van der Waals surface area contributed by atoms with Crippen molar-refractivity contribution in [1.82, 2.24) is 10.3 Å². The molecular weight excluding hydrogens is 525 g/mol. The lowest BCUT2D eigenvalue weighted by Gasteiger charge is -2.19. The van der Waals surface area contributed by atoms with Gasteiger partial charge in [-0.2, -0.15) is 5.26 Å². The topological polar surface area (TPSA) is 108 Å². The number of nitrogens with zero attached hydrogens (tertiary/aromatic N) is 2. The van der Waals surface area contributed by atoms with Gasteiger partial charge in [0.15, 0.2) is 0 Å². The third kappa shape index (κ3) is 4.81. The maximum atomic E-state index is 14.6. The van der Waals surface area contributed by atoms with Crippen LogP contribution in [-0.2, 0) is 15.6 Å². The Labute approximate surface area is 215 Å². The van der Waals surface area contributed by atoms with E-state index in [2.05, 4.69) is 10.3 Å². The van der Waals surface area contributed by atoms with Gasteiger partial charge in [-0.15, -0.1) is 4.39 Å². The highest BCUT2D eigenvalue weighted by Crippen LogP contribution is 2.47. The standard InChI is InChI=1S/C25H20ClF2N4O4P/c1-14-8-15(12-29)10-17(9-14)37(34,36-3)23-18-11-16(26)4-5-21(18)31-22(23)25(33)30-13-19-20(27)6-7-32(35-2)24(19)28/h4-11H,13H2,1-3H3,(H-,30,31,33,34)/p+1. The summed E-state index contributed by atoms with van der Waals surface area (Å²) in [6, 6.07) is 12.4. The number of benzene rings is 2. The number of aromatic nitrogens is 2. The van der Waals surface area contributed by atoms with Crippen LogP contribution < -0.4 is 25.5 Å². The summed E-state index contributed by atoms with van der Waals surface area (Å²) in [6.07, 6.45) is 1.06. The van der Waals surface area contributed by atoms with E-state index in [1.165, 1.54) is 26.4 Å². The average molecular weight is 546 g/mol. The highest BCUT2D eigenvalue weighted by Gasteiger charge is 2.36. The first-order valence-electron chi connectivity index (χ1n) is 10.8. The van der Waals surface area contributed by atoms with Gasteiger partial charge in [-0.25, -0.2) is 4.39 Å². The second-order valence-electron chi connectivity index (χ2n) is 8.07. The second kappa shape index (κ2) is 10.3. The summed E-state index contributed by atoms with van der Waals surface area (Å²) >= 11 is 6.21. The van der Waals surface area contributed by atoms with Crippen molar-refractivity contribution in [2.45, 2.75) is 13.5 Å². The minimum Gasteiger partial charge on any atom is -0.350 e. The Bertz CT molecular complexity index is 1630. The smallest absolute Gasteiger partial charge is 0.350 e. The number of hydrogen-bond acceptors (Lipinski definition) is 5. The van der Waals surface area contributed by atoms with E-state index >= 15 is 0 Å². The third-order valence-corrected chi connectivity index (χ3v) is 8.49. The Balaban J connectivity index is 1.86. The first-order valence-corrected chi connectivity index (χ1v) is 12.8. The molecule has 0 bridgehead atoms. The summed E-state index contributed by atoms with van der Waals surface area (Å²) in [4.78, 5) is 21.1. The van der Waals surface area contributed by atoms with E-state index in [4.69, 9.17) is 21.0 Å². The molecule has 1 unspecified atom stereocenters. The SMILES string of the molecule is CO[n+]1ccc(F)c(CNC(=O)c2[nH]c3ccc(Cl)cc3c2P(=O)(OC)c2cc(C)cc(C#N)c2)c1F. The molecule has 4 aromatic rings. The number of carbonyl (C=O) groups excluding carboxylic acids is 1. The molecule has 0 aliphatic rings. The van der Waals surface area contributed by atoms with E-state index in [1.54, 1.807) is 31.2 Å². The van der Waals surface area contributed by atoms with Crippen LogP contribution in [0, 0.1) is 30.0 Å². The first kappa shape index (κ1) is 26.3. The van der Waals surface area contributed by atoms with Gasteiger partial charge >= 0.3 is 5.95 Å². The lowest BCUT2D eigenvalue weighted by molar-refractivity contribution is -0.905. The van der Waals surface area contributed by atoms with Gasteiger partial charge in [0.05, 0.1) is 23.5 Å². The molecule has 2 aromatic carbocycles. The van der Waals surface area contributed by atoms with Crippen molar-refractivity contribution >= 4 is 46.4 Å². The van der Waals surface area contributed by atoms with E-state index in [-0.39, 0.29) is 21.9 Å². The number of carbonyl (C=O) groups is 1. The number of aryl methyl sites for hydroxylation is 1. The molecule has 0 spiro atoms. The predicted octanol–water partition coefficient (Wildman–Crippen LogP) is 3.43. The molecule has 12 heteroatoms. The number of nitriles is 1. The highest BCUT2D eigenvalue weighted by atomic mass is 35.5. The fourth-order valence-electron chi connectivity index (χ4n) is 4.03. The van der Waals surface area contributed by atoms with Crippen LogP contribution in [0.3, 0.4) is 0 Å². The molecule has 2 aromatic heterocycles. The molecule has 37 heavy (non-hydrogen) atoms. The van der Waals surface area contributed by atoms with Gasteiger partial charge < -0.3 is 14.8 Å². The molecule has 0 saturated heterocycles. The lowest BCUT2D eigenvalue weighted by atomic mass is 10.2. The first-order chi connectivity index (χ1) is 17.6. The molecule has 0 radical (unpaired) electrons. The normalized spacial score (nSPS) is 12.7. The van der Waals surface area contributed by atoms with Crippen molar-refractivity contribution in [1.29, 1.82) is 5.26 Å². The third-order valence-electron chi connectivity index (χ3n) is 5.75. The van der Waals surface area contributed by atoms with Gasteiger partial charge in [-0.1, -0.05) is 11.6 Å². The molecule has 0 fully saturated rings. The zero-order chi connectivity index (χ0) is 26.9. The highest BCUT2D eigenvalue weighted by molar-refractivity contribution is 7.75. The van der Waals surface area contributed by atoms with E-state index in [1.807, 2.05) is 6.07 Å². The van der Waals surface area contributed by atoms with Gasteiger partial charge in [0, 0.05) is 39.1 Å². The summed E-state index contributed by atoms with van der Waals surface area (Å²) in [6.45, 7) is 1.20. The number of aromatic amines is 1. The number of amides is 1. The molecule has 190 valence electrons. The predicted molar refractivity (Wildman–Crippen MR) is 133 cm³/mol. The minimum atomic E-state index is -3.98. The number of nitrogens with one attached hydrogen (secondary N) is 2. The maximum absolute atomic E-state index is 14.6. The molecule has 4 rings (SSSR count). The van der Waals surface area contributed by atoms with Crippen molar-refractivity contribution in [2.75, 3.05) is 14.2 Å². The molecule has 0 aliphatic heterocycles. The van der Waals surface area contributed by atoms with Crippen molar-refractivity contribution in [3.05, 3.63) is 87.8 Å². The Kier molecular flexibility index (Phi) is 7.32. The summed E-state index contributed by atoms with van der Waals surface area (Å²) in [5.74, 6) is -2.71. The van der Waals surface area contributed by atoms with Gasteiger partial charge in [0.1, 0.15) is 24.2 Å². The Morgan fingerprint density at radius 1 is 1.22 bits per heavy atom. The molecule has 1 atom stereocenters. The lowest BCUT2D eigenvalue weighted by Crippen LogP contribution is -2.45. The van der Waals surface area contributed by atoms with E-state index in [9.17, 15) is 23.4 Å². The van der Waals surface area contributed by atoms with Gasteiger partial charge in [-0.3, -0.25) is 14.2 Å². The van der Waals surface area contributed by atoms with Crippen LogP contribution in [0.15, 0.2) is 48.7 Å². The molecule has 0 aliphatic carbocycles. The number of fused-ring (bicyclic) bond motifs is 1. The van der Waals surface area contributed by atoms with E-state index in [0.717, 1.165) is 12.3 Å². The van der Waals surface area contributed by atoms with Gasteiger partial charge in [-0.05, 0) is 48.9 Å². The van der Waals surface area contributed by atoms with Crippen LogP contribution >= 0.6 is 19.0 Å². The minimum absolute atomic E-state index is 0.0143. The van der Waals surface area contributed by atoms with E-state index in [0.29, 0.717) is 26.2 Å². The number of hydrogen-bond donors (Lipinski definition) is 2. The second-order valence-corrected chi connectivity index (χ2v) is 10.9. The van der Waals surface area contributed by atoms with Crippen LogP contribution in [0.1, 0.15) is 27.2 Å². The Morgan fingerprint density at radius 3 is 2.65 bits per heavy atom. The van der Waals surface area contributed by atoms with Gasteiger partial charge in [0.25, 0.3) is 13.3 Å². The number of halogens is 3. The summed E-state index contributed by atoms with van der Waals surface area (Å²) < 4.78 is 49.6. The molecule has 2 N–H and O–H groups in total. The Morgan fingerprint density at radius 2 is 1.97 bits per heavy atom. The number of rotatable bonds is 7. The maximum Gasteiger partial charge on any atom is 0.416 e. The summed E-state index contributed by atoms with van der Waals surface area (Å²) in [5.41, 5.74) is 0.781. The van der Waals surface area contributed by atoms with Crippen molar-refractivity contribution in [2.24, 2.45) is 0 Å². The van der Waals surface area contributed by atoms with Gasteiger partial charge in [0.2, 0.25) is 6.20 Å². The molecule has 8 nitrogen and oxygen atoms in total. The largest absolute Gasteiger partial charge is 0.416 e. The molecule has 2 heterocycles. The Hall–Kier alpha value is -3.77. The van der Waals surface area contributed by atoms with Crippen LogP contribution in [0.5, 0.6) is 0 Å². The molecule has 0 saturated carbocycles. The van der Waals surface area contributed by atoms with Crippen LogP contribution in [0.25, 0.3) is 10.9 Å². The zero-order valence-corrected chi connectivity index (χ0v) is 21.6. The fourth-order valence-corrected chi connectivity index (χ4v) is 6.49. The monoisotopic (exact) mass is 545 g/mol. The quantitative estimate of drug-likeness (QED) is 0.210. The zero-order valence-electron chi connectivity index (χ0n) is 19.9. The van der Waals surface area contributed by atoms with Crippen LogP contribution in [0.2, 0.25) is 5.02 Å². The summed E-state index contributed by atoms with van der Waals surface area (Å²) in [5, 5.41) is 12.8. The van der Waals surface area contributed by atoms with Crippen LogP contribution in [0.4, 0.5) is 8.78 Å². The van der Waals surface area contributed by atoms with E-state index < -0.39 is 37.1 Å². The molecular formula is C25H21ClF2N4O4P+.